The van der Waals surface area contributed by atoms with Gasteiger partial charge in [-0.2, -0.15) is 0 Å². The van der Waals surface area contributed by atoms with Crippen LogP contribution in [0.25, 0.3) is 0 Å². The molecule has 0 saturated carbocycles. The summed E-state index contributed by atoms with van der Waals surface area (Å²) in [7, 11) is 0. The van der Waals surface area contributed by atoms with Gasteiger partial charge >= 0.3 is 0 Å². The normalized spacial score (nSPS) is 12.9. The zero-order valence-electron chi connectivity index (χ0n) is 7.73. The molecule has 0 rings (SSSR count). The molecule has 0 aromatic rings. The van der Waals surface area contributed by atoms with E-state index in [0.717, 1.165) is 0 Å². The van der Waals surface area contributed by atoms with E-state index < -0.39 is 0 Å². The Bertz CT molecular complexity index is 112. The van der Waals surface area contributed by atoms with E-state index in [1.807, 2.05) is 0 Å². The lowest BCUT2D eigenvalue weighted by Crippen LogP contribution is -2.24. The van der Waals surface area contributed by atoms with E-state index in [0.29, 0.717) is 12.0 Å². The number of hydrogen-bond donors (Lipinski definition) is 1. The van der Waals surface area contributed by atoms with Crippen LogP contribution in [0.3, 0.4) is 0 Å². The summed E-state index contributed by atoms with van der Waals surface area (Å²) in [4.78, 5) is 0. The summed E-state index contributed by atoms with van der Waals surface area (Å²) in [6, 6.07) is 0.550. The third-order valence-electron chi connectivity index (χ3n) is 1.39. The van der Waals surface area contributed by atoms with Gasteiger partial charge in [0.25, 0.3) is 0 Å². The van der Waals surface area contributed by atoms with Crippen LogP contribution in [0.15, 0.2) is 11.8 Å². The summed E-state index contributed by atoms with van der Waals surface area (Å²) in [5, 5.41) is 3.39. The van der Waals surface area contributed by atoms with E-state index in [1.54, 1.807) is 0 Å². The molecule has 0 fully saturated rings. The van der Waals surface area contributed by atoms with Gasteiger partial charge in [0.2, 0.25) is 0 Å². The van der Waals surface area contributed by atoms with Crippen LogP contribution in [0.4, 0.5) is 0 Å². The van der Waals surface area contributed by atoms with Gasteiger partial charge in [-0.25, -0.2) is 0 Å². The molecule has 0 aromatic carbocycles. The van der Waals surface area contributed by atoms with Gasteiger partial charge < -0.3 is 5.32 Å². The van der Waals surface area contributed by atoms with E-state index >= 15 is 0 Å². The summed E-state index contributed by atoms with van der Waals surface area (Å²) in [6.07, 6.45) is 2.14. The van der Waals surface area contributed by atoms with Gasteiger partial charge in [-0.05, 0) is 26.7 Å². The molecule has 0 saturated heterocycles. The molecule has 0 radical (unpaired) electrons. The lowest BCUT2D eigenvalue weighted by molar-refractivity contribution is 0.587. The lowest BCUT2D eigenvalue weighted by atomic mass is 10.1. The molecule has 0 aliphatic heterocycles. The average molecular weight is 141 g/mol. The zero-order valence-corrected chi connectivity index (χ0v) is 7.73. The fraction of sp³-hybridized carbons (Fsp3) is 0.778. The van der Waals surface area contributed by atoms with Crippen molar-refractivity contribution in [2.24, 2.45) is 5.92 Å². The number of nitrogens with one attached hydrogen (secondary N) is 1. The predicted molar refractivity (Wildman–Crippen MR) is 46.9 cm³/mol. The van der Waals surface area contributed by atoms with E-state index in [4.69, 9.17) is 0 Å². The minimum absolute atomic E-state index is 0.550. The van der Waals surface area contributed by atoms with Crippen LogP contribution >= 0.6 is 0 Å². The largest absolute Gasteiger partial charge is 0.386 e. The first-order chi connectivity index (χ1) is 4.57. The highest BCUT2D eigenvalue weighted by Crippen LogP contribution is 2.05. The van der Waals surface area contributed by atoms with Gasteiger partial charge in [-0.1, -0.05) is 19.9 Å². The molecule has 0 aromatic heterocycles. The van der Waals surface area contributed by atoms with Crippen LogP contribution in [0, 0.1) is 5.92 Å². The van der Waals surface area contributed by atoms with Crippen LogP contribution in [0.2, 0.25) is 0 Å². The smallest absolute Gasteiger partial charge is 0.0201 e. The van der Waals surface area contributed by atoms with Gasteiger partial charge in [-0.15, -0.1) is 0 Å². The molecule has 10 heavy (non-hydrogen) atoms. The van der Waals surface area contributed by atoms with Crippen LogP contribution < -0.4 is 5.32 Å². The maximum Gasteiger partial charge on any atom is 0.0201 e. The lowest BCUT2D eigenvalue weighted by Gasteiger charge is -2.16. The van der Waals surface area contributed by atoms with Gasteiger partial charge in [0, 0.05) is 11.7 Å². The molecular weight excluding hydrogens is 122 g/mol. The molecule has 0 unspecified atom stereocenters. The third kappa shape index (κ3) is 3.54. The van der Waals surface area contributed by atoms with Crippen LogP contribution in [-0.2, 0) is 0 Å². The summed E-state index contributed by atoms with van der Waals surface area (Å²) in [5.74, 6) is 0.618. The monoisotopic (exact) mass is 141 g/mol. The number of hydrogen-bond acceptors (Lipinski definition) is 1. The van der Waals surface area contributed by atoms with E-state index in [9.17, 15) is 0 Å². The molecule has 60 valence electrons. The second kappa shape index (κ2) is 4.37. The van der Waals surface area contributed by atoms with Crippen LogP contribution in [-0.4, -0.2) is 6.04 Å². The fourth-order valence-electron chi connectivity index (χ4n) is 0.917. The van der Waals surface area contributed by atoms with Crippen molar-refractivity contribution in [2.45, 2.75) is 40.7 Å². The van der Waals surface area contributed by atoms with Crippen LogP contribution in [0.1, 0.15) is 34.6 Å². The first kappa shape index (κ1) is 9.54. The molecular formula is C9H19N. The first-order valence-corrected chi connectivity index (χ1v) is 4.00. The van der Waals surface area contributed by atoms with Crippen molar-refractivity contribution in [1.29, 1.82) is 0 Å². The number of allylic oxidation sites excluding steroid dienone is 2. The van der Waals surface area contributed by atoms with Gasteiger partial charge in [0.1, 0.15) is 0 Å². The Morgan fingerprint density at radius 2 is 1.70 bits per heavy atom. The molecule has 0 heterocycles. The van der Waals surface area contributed by atoms with E-state index in [-0.39, 0.29) is 0 Å². The maximum absolute atomic E-state index is 3.39. The quantitative estimate of drug-likeness (QED) is 0.637. The molecule has 1 nitrogen and oxygen atoms in total. The maximum atomic E-state index is 3.39. The van der Waals surface area contributed by atoms with Crippen molar-refractivity contribution < 1.29 is 0 Å². The molecule has 0 spiro atoms. The highest BCUT2D eigenvalue weighted by atomic mass is 14.9. The van der Waals surface area contributed by atoms with Gasteiger partial charge in [-0.3, -0.25) is 0 Å². The third-order valence-corrected chi connectivity index (χ3v) is 1.39. The van der Waals surface area contributed by atoms with Crippen molar-refractivity contribution >= 4 is 0 Å². The Morgan fingerprint density at radius 3 is 1.80 bits per heavy atom. The van der Waals surface area contributed by atoms with E-state index in [2.05, 4.69) is 46.0 Å². The predicted octanol–water partition coefficient (Wildman–Crippen LogP) is 2.54. The minimum atomic E-state index is 0.550. The Hall–Kier alpha value is -0.460. The summed E-state index contributed by atoms with van der Waals surface area (Å²) < 4.78 is 0. The van der Waals surface area contributed by atoms with Crippen molar-refractivity contribution in [3.05, 3.63) is 11.8 Å². The Labute approximate surface area is 64.5 Å². The van der Waals surface area contributed by atoms with Crippen molar-refractivity contribution in [2.75, 3.05) is 0 Å². The van der Waals surface area contributed by atoms with Crippen molar-refractivity contribution in [3.63, 3.8) is 0 Å². The molecule has 1 N–H and O–H groups in total. The Balaban J connectivity index is 3.86. The molecule has 0 amide bonds. The minimum Gasteiger partial charge on any atom is -0.386 e. The second-order valence-electron chi connectivity index (χ2n) is 3.20. The van der Waals surface area contributed by atoms with E-state index in [1.165, 1.54) is 5.70 Å². The second-order valence-corrected chi connectivity index (χ2v) is 3.20. The molecule has 1 heteroatoms. The van der Waals surface area contributed by atoms with Crippen LogP contribution in [0.5, 0.6) is 0 Å². The number of rotatable bonds is 3. The zero-order chi connectivity index (χ0) is 8.15. The van der Waals surface area contributed by atoms with Crippen molar-refractivity contribution in [3.8, 4) is 0 Å². The summed E-state index contributed by atoms with van der Waals surface area (Å²) >= 11 is 0. The first-order valence-electron chi connectivity index (χ1n) is 4.00. The molecule has 0 atom stereocenters. The Morgan fingerprint density at radius 1 is 1.20 bits per heavy atom. The highest BCUT2D eigenvalue weighted by molar-refractivity contribution is 5.01. The van der Waals surface area contributed by atoms with Crippen molar-refractivity contribution in [1.82, 2.24) is 5.32 Å². The topological polar surface area (TPSA) is 12.0 Å². The standard InChI is InChI=1S/C9H19N/c1-6-9(7(2)3)10-8(4)5/h6-8,10H,1-5H3/b9-6-. The Kier molecular flexibility index (Phi) is 4.17. The molecule has 0 aliphatic rings. The average Bonchev–Trinajstić information content (AvgIpc) is 1.81. The fourth-order valence-corrected chi connectivity index (χ4v) is 0.917. The SMILES string of the molecule is C/C=C(\NC(C)C)C(C)C. The van der Waals surface area contributed by atoms with Gasteiger partial charge in [0.05, 0.1) is 0 Å². The highest BCUT2D eigenvalue weighted by Gasteiger charge is 2.01. The molecule has 0 aliphatic carbocycles. The van der Waals surface area contributed by atoms with Gasteiger partial charge in [0.15, 0.2) is 0 Å². The summed E-state index contributed by atoms with van der Waals surface area (Å²) in [5.41, 5.74) is 1.34. The molecule has 0 bridgehead atoms. The summed E-state index contributed by atoms with van der Waals surface area (Å²) in [6.45, 7) is 10.8.